The Kier molecular flexibility index (Phi) is 6.66. The SMILES string of the molecule is Cn1c(-c2ccccc2)c(C2CCCCC2)c2ccc(C(=O)NC3(c4nnnn4CC(=O)O)CCCC3)cc21. The number of carbonyl (C=O) groups excluding carboxylic acids is 1. The van der Waals surface area contributed by atoms with Gasteiger partial charge in [0.1, 0.15) is 12.1 Å². The zero-order valence-electron chi connectivity index (χ0n) is 22.3. The van der Waals surface area contributed by atoms with Gasteiger partial charge in [-0.3, -0.25) is 9.59 Å². The first-order valence-electron chi connectivity index (χ1n) is 14.0. The Balaban J connectivity index is 1.39. The largest absolute Gasteiger partial charge is 0.480 e. The zero-order valence-corrected chi connectivity index (χ0v) is 22.3. The Morgan fingerprint density at radius 1 is 1.03 bits per heavy atom. The molecule has 2 aromatic carbocycles. The molecule has 0 unspecified atom stereocenters. The van der Waals surface area contributed by atoms with E-state index in [4.69, 9.17) is 0 Å². The average molecular weight is 527 g/mol. The molecule has 2 saturated carbocycles. The maximum absolute atomic E-state index is 13.7. The van der Waals surface area contributed by atoms with Gasteiger partial charge in [-0.25, -0.2) is 4.68 Å². The third-order valence-corrected chi connectivity index (χ3v) is 8.62. The smallest absolute Gasteiger partial charge is 0.325 e. The first-order chi connectivity index (χ1) is 19.0. The Morgan fingerprint density at radius 2 is 1.77 bits per heavy atom. The summed E-state index contributed by atoms with van der Waals surface area (Å²) in [4.78, 5) is 25.1. The summed E-state index contributed by atoms with van der Waals surface area (Å²) in [5.41, 5.74) is 4.64. The van der Waals surface area contributed by atoms with Gasteiger partial charge in [0.15, 0.2) is 5.82 Å². The molecule has 0 atom stereocenters. The van der Waals surface area contributed by atoms with E-state index in [0.29, 0.717) is 30.1 Å². The molecular weight excluding hydrogens is 492 g/mol. The molecule has 0 bridgehead atoms. The molecule has 6 rings (SSSR count). The number of hydrogen-bond acceptors (Lipinski definition) is 5. The van der Waals surface area contributed by atoms with Crippen LogP contribution in [0.3, 0.4) is 0 Å². The number of nitrogens with zero attached hydrogens (tertiary/aromatic N) is 5. The number of nitrogens with one attached hydrogen (secondary N) is 1. The van der Waals surface area contributed by atoms with Gasteiger partial charge < -0.3 is 15.0 Å². The van der Waals surface area contributed by atoms with Crippen LogP contribution in [0.25, 0.3) is 22.2 Å². The fraction of sp³-hybridized carbons (Fsp3) is 0.433. The average Bonchev–Trinajstić information content (AvgIpc) is 3.68. The molecule has 0 spiro atoms. The molecule has 4 aromatic rings. The molecule has 0 aliphatic heterocycles. The van der Waals surface area contributed by atoms with Gasteiger partial charge in [-0.15, -0.1) is 5.10 Å². The molecule has 2 N–H and O–H groups in total. The van der Waals surface area contributed by atoms with Crippen LogP contribution in [0.4, 0.5) is 0 Å². The molecule has 0 radical (unpaired) electrons. The van der Waals surface area contributed by atoms with Crippen LogP contribution in [0.15, 0.2) is 48.5 Å². The van der Waals surface area contributed by atoms with Gasteiger partial charge in [-0.2, -0.15) is 0 Å². The highest BCUT2D eigenvalue weighted by Crippen LogP contribution is 2.44. The molecule has 39 heavy (non-hydrogen) atoms. The Labute approximate surface area is 227 Å². The van der Waals surface area contributed by atoms with Crippen LogP contribution in [-0.2, 0) is 23.9 Å². The van der Waals surface area contributed by atoms with Crippen molar-refractivity contribution in [3.63, 3.8) is 0 Å². The number of carboxylic acids is 1. The number of benzene rings is 2. The van der Waals surface area contributed by atoms with Crippen molar-refractivity contribution in [2.45, 2.75) is 75.8 Å². The van der Waals surface area contributed by atoms with Crippen molar-refractivity contribution in [3.8, 4) is 11.3 Å². The maximum atomic E-state index is 13.7. The second kappa shape index (κ2) is 10.3. The normalized spacial score (nSPS) is 17.5. The minimum Gasteiger partial charge on any atom is -0.480 e. The van der Waals surface area contributed by atoms with Crippen LogP contribution in [0, 0.1) is 0 Å². The molecule has 9 nitrogen and oxygen atoms in total. The van der Waals surface area contributed by atoms with Crippen molar-refractivity contribution in [1.82, 2.24) is 30.1 Å². The highest BCUT2D eigenvalue weighted by atomic mass is 16.4. The predicted molar refractivity (Wildman–Crippen MR) is 147 cm³/mol. The van der Waals surface area contributed by atoms with E-state index in [1.165, 1.54) is 59.0 Å². The number of aryl methyl sites for hydroxylation is 1. The van der Waals surface area contributed by atoms with Crippen molar-refractivity contribution in [2.24, 2.45) is 7.05 Å². The van der Waals surface area contributed by atoms with Gasteiger partial charge in [-0.1, -0.05) is 68.5 Å². The monoisotopic (exact) mass is 526 g/mol. The molecule has 2 aromatic heterocycles. The molecule has 2 heterocycles. The number of carbonyl (C=O) groups is 2. The second-order valence-electron chi connectivity index (χ2n) is 11.1. The molecular formula is C30H34N6O3. The number of aliphatic carboxylic acids is 1. The Hall–Kier alpha value is -4.01. The molecule has 2 fully saturated rings. The van der Waals surface area contributed by atoms with E-state index in [1.54, 1.807) is 0 Å². The lowest BCUT2D eigenvalue weighted by Crippen LogP contribution is -2.46. The number of hydrogen-bond donors (Lipinski definition) is 2. The van der Waals surface area contributed by atoms with Crippen molar-refractivity contribution in [1.29, 1.82) is 0 Å². The quantitative estimate of drug-likeness (QED) is 0.344. The molecule has 2 aliphatic rings. The van der Waals surface area contributed by atoms with Crippen LogP contribution in [-0.4, -0.2) is 41.8 Å². The van der Waals surface area contributed by atoms with Crippen molar-refractivity contribution < 1.29 is 14.7 Å². The van der Waals surface area contributed by atoms with Crippen LogP contribution < -0.4 is 5.32 Å². The molecule has 2 aliphatic carbocycles. The van der Waals surface area contributed by atoms with E-state index >= 15 is 0 Å². The van der Waals surface area contributed by atoms with Gasteiger partial charge in [-0.05, 0) is 65.3 Å². The van der Waals surface area contributed by atoms with E-state index in [9.17, 15) is 14.7 Å². The van der Waals surface area contributed by atoms with E-state index in [0.717, 1.165) is 18.4 Å². The standard InChI is InChI=1S/C30H34N6O3/c1-35-24-18-22(28(39)31-30(16-8-9-17-30)29-32-33-34-36(29)19-25(37)38)14-15-23(24)26(20-10-4-2-5-11-20)27(35)21-12-6-3-7-13-21/h3,6-7,12-15,18,20H,2,4-5,8-11,16-17,19H2,1H3,(H,31,39)(H,37,38). The van der Waals surface area contributed by atoms with Crippen LogP contribution in [0.1, 0.15) is 85.5 Å². The first-order valence-corrected chi connectivity index (χ1v) is 14.0. The minimum absolute atomic E-state index is 0.203. The van der Waals surface area contributed by atoms with Crippen LogP contribution >= 0.6 is 0 Å². The van der Waals surface area contributed by atoms with Gasteiger partial charge in [0, 0.05) is 23.5 Å². The van der Waals surface area contributed by atoms with Gasteiger partial charge >= 0.3 is 5.97 Å². The maximum Gasteiger partial charge on any atom is 0.325 e. The zero-order chi connectivity index (χ0) is 27.0. The lowest BCUT2D eigenvalue weighted by molar-refractivity contribution is -0.138. The lowest BCUT2D eigenvalue weighted by atomic mass is 9.82. The number of fused-ring (bicyclic) bond motifs is 1. The van der Waals surface area contributed by atoms with Gasteiger partial charge in [0.25, 0.3) is 5.91 Å². The summed E-state index contributed by atoms with van der Waals surface area (Å²) in [6.45, 7) is -0.346. The van der Waals surface area contributed by atoms with Crippen molar-refractivity contribution >= 4 is 22.8 Å². The summed E-state index contributed by atoms with van der Waals surface area (Å²) in [5.74, 6) is -0.320. The third-order valence-electron chi connectivity index (χ3n) is 8.62. The van der Waals surface area contributed by atoms with E-state index in [2.05, 4.69) is 62.8 Å². The molecule has 1 amide bonds. The first kappa shape index (κ1) is 25.3. The second-order valence-corrected chi connectivity index (χ2v) is 11.1. The number of aromatic nitrogens is 5. The summed E-state index contributed by atoms with van der Waals surface area (Å²) in [7, 11) is 2.09. The predicted octanol–water partition coefficient (Wildman–Crippen LogP) is 5.16. The van der Waals surface area contributed by atoms with E-state index < -0.39 is 11.5 Å². The number of carboxylic acid groups (broad SMARTS) is 1. The summed E-state index contributed by atoms with van der Waals surface area (Å²) >= 11 is 0. The fourth-order valence-corrected chi connectivity index (χ4v) is 6.81. The Bertz CT molecular complexity index is 1510. The van der Waals surface area contributed by atoms with Gasteiger partial charge in [0.2, 0.25) is 0 Å². The summed E-state index contributed by atoms with van der Waals surface area (Å²) in [5, 5.41) is 25.5. The molecule has 9 heteroatoms. The summed E-state index contributed by atoms with van der Waals surface area (Å²) in [6, 6.07) is 16.6. The highest BCUT2D eigenvalue weighted by molar-refractivity contribution is 6.01. The third kappa shape index (κ3) is 4.60. The lowest BCUT2D eigenvalue weighted by Gasteiger charge is -2.29. The molecule has 0 saturated heterocycles. The molecule has 202 valence electrons. The number of tetrazole rings is 1. The van der Waals surface area contributed by atoms with Crippen molar-refractivity contribution in [2.75, 3.05) is 0 Å². The van der Waals surface area contributed by atoms with E-state index in [1.807, 2.05) is 18.2 Å². The Morgan fingerprint density at radius 3 is 2.49 bits per heavy atom. The van der Waals surface area contributed by atoms with E-state index in [-0.39, 0.29) is 12.5 Å². The van der Waals surface area contributed by atoms with Crippen molar-refractivity contribution in [3.05, 3.63) is 65.5 Å². The van der Waals surface area contributed by atoms with Crippen LogP contribution in [0.5, 0.6) is 0 Å². The summed E-state index contributed by atoms with van der Waals surface area (Å²) < 4.78 is 3.53. The topological polar surface area (TPSA) is 115 Å². The number of amides is 1. The number of rotatable bonds is 7. The highest BCUT2D eigenvalue weighted by Gasteiger charge is 2.42. The minimum atomic E-state index is -1.03. The summed E-state index contributed by atoms with van der Waals surface area (Å²) in [6.07, 6.45) is 9.31. The van der Waals surface area contributed by atoms with Crippen LogP contribution in [0.2, 0.25) is 0 Å². The van der Waals surface area contributed by atoms with Gasteiger partial charge in [0.05, 0.1) is 5.69 Å². The fourth-order valence-electron chi connectivity index (χ4n) is 6.81.